The van der Waals surface area contributed by atoms with Gasteiger partial charge in [0.25, 0.3) is 5.91 Å². The van der Waals surface area contributed by atoms with Crippen molar-refractivity contribution in [1.29, 1.82) is 0 Å². The van der Waals surface area contributed by atoms with Gasteiger partial charge in [0.2, 0.25) is 0 Å². The van der Waals surface area contributed by atoms with Crippen LogP contribution in [0.1, 0.15) is 34.1 Å². The number of nitrogens with zero attached hydrogens (tertiary/aromatic N) is 3. The van der Waals surface area contributed by atoms with Gasteiger partial charge < -0.3 is 5.32 Å². The predicted octanol–water partition coefficient (Wildman–Crippen LogP) is 4.98. The molecule has 1 N–H and O–H groups in total. The average Bonchev–Trinajstić information content (AvgIpc) is 3.34. The molecular weight excluding hydrogens is 472 g/mol. The zero-order valence-electron chi connectivity index (χ0n) is 18.7. The van der Waals surface area contributed by atoms with Gasteiger partial charge in [0.1, 0.15) is 0 Å². The number of pyridine rings is 1. The highest BCUT2D eigenvalue weighted by Gasteiger charge is 2.32. The Balaban J connectivity index is 1.67. The number of hydrogen-bond donors (Lipinski definition) is 1. The minimum Gasteiger partial charge on any atom is -0.322 e. The molecule has 2 aromatic heterocycles. The molecule has 9 heteroatoms. The Bertz CT molecular complexity index is 1510. The lowest BCUT2D eigenvalue weighted by atomic mass is 10.0. The van der Waals surface area contributed by atoms with Crippen LogP contribution in [-0.4, -0.2) is 40.6 Å². The first-order valence-electron chi connectivity index (χ1n) is 10.9. The van der Waals surface area contributed by atoms with Gasteiger partial charge in [0.15, 0.2) is 15.5 Å². The zero-order chi connectivity index (χ0) is 24.0. The molecule has 1 unspecified atom stereocenters. The fourth-order valence-corrected chi connectivity index (χ4v) is 6.14. The third-order valence-corrected chi connectivity index (χ3v) is 8.09. The van der Waals surface area contributed by atoms with Gasteiger partial charge in [-0.2, -0.15) is 5.10 Å². The molecule has 7 nitrogen and oxygen atoms in total. The number of amides is 1. The lowest BCUT2D eigenvalue weighted by Gasteiger charge is -2.12. The van der Waals surface area contributed by atoms with Crippen molar-refractivity contribution in [2.45, 2.75) is 26.3 Å². The van der Waals surface area contributed by atoms with Crippen molar-refractivity contribution in [2.75, 3.05) is 16.8 Å². The van der Waals surface area contributed by atoms with E-state index in [1.807, 2.05) is 38.1 Å². The third-order valence-electron chi connectivity index (χ3n) is 6.09. The Labute approximate surface area is 202 Å². The Morgan fingerprint density at radius 1 is 1.09 bits per heavy atom. The van der Waals surface area contributed by atoms with Gasteiger partial charge in [0.05, 0.1) is 39.9 Å². The summed E-state index contributed by atoms with van der Waals surface area (Å²) in [4.78, 5) is 18.3. The lowest BCUT2D eigenvalue weighted by molar-refractivity contribution is 0.102. The van der Waals surface area contributed by atoms with E-state index in [1.54, 1.807) is 35.0 Å². The summed E-state index contributed by atoms with van der Waals surface area (Å²) in [6.07, 6.45) is 0.474. The Hall–Kier alpha value is -3.23. The number of fused-ring (bicyclic) bond motifs is 1. The quantitative estimate of drug-likeness (QED) is 0.431. The highest BCUT2D eigenvalue weighted by molar-refractivity contribution is 7.91. The SMILES string of the molecule is Cc1ccc(-c2cc(C(=O)Nc3ccc(Cl)cc3)c3c(C)nn(C4CCS(=O)(=O)C4)c3n2)cc1. The van der Waals surface area contributed by atoms with Gasteiger partial charge in [-0.15, -0.1) is 0 Å². The molecule has 1 saturated heterocycles. The number of nitrogens with one attached hydrogen (secondary N) is 1. The number of rotatable bonds is 4. The monoisotopic (exact) mass is 494 g/mol. The van der Waals surface area contributed by atoms with E-state index >= 15 is 0 Å². The number of hydrogen-bond acceptors (Lipinski definition) is 5. The maximum atomic E-state index is 13.4. The van der Waals surface area contributed by atoms with Crippen LogP contribution >= 0.6 is 11.6 Å². The van der Waals surface area contributed by atoms with E-state index in [0.29, 0.717) is 45.1 Å². The van der Waals surface area contributed by atoms with E-state index in [0.717, 1.165) is 11.1 Å². The van der Waals surface area contributed by atoms with Crippen molar-refractivity contribution < 1.29 is 13.2 Å². The van der Waals surface area contributed by atoms with Crippen LogP contribution in [0, 0.1) is 13.8 Å². The van der Waals surface area contributed by atoms with Gasteiger partial charge in [-0.1, -0.05) is 41.4 Å². The molecule has 5 rings (SSSR count). The van der Waals surface area contributed by atoms with Crippen LogP contribution in [0.3, 0.4) is 0 Å². The summed E-state index contributed by atoms with van der Waals surface area (Å²) >= 11 is 5.97. The first-order chi connectivity index (χ1) is 16.2. The summed E-state index contributed by atoms with van der Waals surface area (Å²) in [5.41, 5.74) is 4.78. The molecule has 174 valence electrons. The summed E-state index contributed by atoms with van der Waals surface area (Å²) in [5, 5.41) is 8.76. The summed E-state index contributed by atoms with van der Waals surface area (Å²) in [6.45, 7) is 3.82. The van der Waals surface area contributed by atoms with Crippen LogP contribution in [0.5, 0.6) is 0 Å². The average molecular weight is 495 g/mol. The Morgan fingerprint density at radius 2 is 1.79 bits per heavy atom. The van der Waals surface area contributed by atoms with Crippen LogP contribution < -0.4 is 5.32 Å². The molecule has 1 atom stereocenters. The predicted molar refractivity (Wildman–Crippen MR) is 134 cm³/mol. The standard InChI is InChI=1S/C25H23ClN4O3S/c1-15-3-5-17(6-4-15)22-13-21(25(31)27-19-9-7-18(26)8-10-19)23-16(2)29-30(24(23)28-22)20-11-12-34(32,33)14-20/h3-10,13,20H,11-12,14H2,1-2H3,(H,27,31). The number of anilines is 1. The molecule has 0 saturated carbocycles. The van der Waals surface area contributed by atoms with E-state index in [2.05, 4.69) is 10.4 Å². The van der Waals surface area contributed by atoms with Crippen molar-refractivity contribution in [1.82, 2.24) is 14.8 Å². The number of benzene rings is 2. The van der Waals surface area contributed by atoms with Crippen LogP contribution in [-0.2, 0) is 9.84 Å². The normalized spacial score (nSPS) is 17.2. The van der Waals surface area contributed by atoms with Gasteiger partial charge in [0, 0.05) is 16.3 Å². The number of carbonyl (C=O) groups excluding carboxylic acids is 1. The summed E-state index contributed by atoms with van der Waals surface area (Å²) in [7, 11) is -3.12. The van der Waals surface area contributed by atoms with Crippen molar-refractivity contribution in [2.24, 2.45) is 0 Å². The van der Waals surface area contributed by atoms with Crippen molar-refractivity contribution >= 4 is 44.1 Å². The molecule has 1 aliphatic rings. The molecule has 34 heavy (non-hydrogen) atoms. The maximum Gasteiger partial charge on any atom is 0.256 e. The van der Waals surface area contributed by atoms with Crippen molar-refractivity contribution in [3.8, 4) is 11.3 Å². The van der Waals surface area contributed by atoms with Crippen molar-refractivity contribution in [3.63, 3.8) is 0 Å². The molecular formula is C25H23ClN4O3S. The van der Waals surface area contributed by atoms with E-state index in [1.165, 1.54) is 0 Å². The molecule has 1 amide bonds. The Kier molecular flexibility index (Phi) is 5.65. The molecule has 1 aliphatic heterocycles. The van der Waals surface area contributed by atoms with E-state index in [-0.39, 0.29) is 23.5 Å². The van der Waals surface area contributed by atoms with Crippen molar-refractivity contribution in [3.05, 3.63) is 76.4 Å². The smallest absolute Gasteiger partial charge is 0.256 e. The number of aryl methyl sites for hydroxylation is 2. The van der Waals surface area contributed by atoms with Gasteiger partial charge in [-0.25, -0.2) is 18.1 Å². The fraction of sp³-hybridized carbons (Fsp3) is 0.240. The highest BCUT2D eigenvalue weighted by atomic mass is 35.5. The molecule has 0 aliphatic carbocycles. The molecule has 4 aromatic rings. The molecule has 0 spiro atoms. The van der Waals surface area contributed by atoms with Crippen LogP contribution in [0.15, 0.2) is 54.6 Å². The molecule has 2 aromatic carbocycles. The second-order valence-corrected chi connectivity index (χ2v) is 11.3. The first-order valence-corrected chi connectivity index (χ1v) is 13.1. The first kappa shape index (κ1) is 22.6. The van der Waals surface area contributed by atoms with Gasteiger partial charge in [-0.05, 0) is 50.6 Å². The van der Waals surface area contributed by atoms with Crippen LogP contribution in [0.4, 0.5) is 5.69 Å². The molecule has 1 fully saturated rings. The number of halogens is 1. The largest absolute Gasteiger partial charge is 0.322 e. The summed E-state index contributed by atoms with van der Waals surface area (Å²) in [5.74, 6) is -0.157. The van der Waals surface area contributed by atoms with E-state index in [4.69, 9.17) is 16.6 Å². The Morgan fingerprint density at radius 3 is 2.44 bits per heavy atom. The van der Waals surface area contributed by atoms with E-state index in [9.17, 15) is 13.2 Å². The molecule has 0 radical (unpaired) electrons. The number of aromatic nitrogens is 3. The lowest BCUT2D eigenvalue weighted by Crippen LogP contribution is -2.15. The molecule has 3 heterocycles. The van der Waals surface area contributed by atoms with Crippen LogP contribution in [0.2, 0.25) is 5.02 Å². The zero-order valence-corrected chi connectivity index (χ0v) is 20.3. The van der Waals surface area contributed by atoms with Crippen LogP contribution in [0.25, 0.3) is 22.3 Å². The van der Waals surface area contributed by atoms with Gasteiger partial charge >= 0.3 is 0 Å². The number of carbonyl (C=O) groups is 1. The summed E-state index contributed by atoms with van der Waals surface area (Å²) < 4.78 is 26.0. The summed E-state index contributed by atoms with van der Waals surface area (Å²) in [6, 6.07) is 16.2. The number of sulfone groups is 1. The molecule has 0 bridgehead atoms. The minimum absolute atomic E-state index is 0.0198. The van der Waals surface area contributed by atoms with E-state index < -0.39 is 9.84 Å². The second-order valence-electron chi connectivity index (χ2n) is 8.67. The minimum atomic E-state index is -3.12. The fourth-order valence-electron chi connectivity index (χ4n) is 4.32. The van der Waals surface area contributed by atoms with Gasteiger partial charge in [-0.3, -0.25) is 4.79 Å². The maximum absolute atomic E-state index is 13.4. The third kappa shape index (κ3) is 4.31. The second kappa shape index (κ2) is 8.52. The highest BCUT2D eigenvalue weighted by Crippen LogP contribution is 2.32. The topological polar surface area (TPSA) is 94.0 Å².